The molecule has 1 aliphatic carbocycles. The number of para-hydroxylation sites is 2. The molecule has 0 spiro atoms. The zero-order valence-electron chi connectivity index (χ0n) is 33.6. The van der Waals surface area contributed by atoms with Crippen molar-refractivity contribution in [3.8, 4) is 61.3 Å². The molecule has 0 radical (unpaired) electrons. The van der Waals surface area contributed by atoms with Gasteiger partial charge in [-0.2, -0.15) is 0 Å². The lowest BCUT2D eigenvalue weighted by Gasteiger charge is -2.39. The summed E-state index contributed by atoms with van der Waals surface area (Å²) in [5, 5.41) is 7.51. The van der Waals surface area contributed by atoms with Crippen LogP contribution in [-0.4, -0.2) is 48.8 Å². The molecule has 0 fully saturated rings. The van der Waals surface area contributed by atoms with Gasteiger partial charge in [-0.1, -0.05) is 146 Å². The van der Waals surface area contributed by atoms with Gasteiger partial charge in [0.15, 0.2) is 0 Å². The number of rotatable bonds is 6. The molecule has 10 aromatic rings. The van der Waals surface area contributed by atoms with E-state index in [1.165, 1.54) is 88.0 Å². The molecule has 0 N–H and O–H groups in total. The quantitative estimate of drug-likeness (QED) is 0.124. The summed E-state index contributed by atoms with van der Waals surface area (Å²) in [5.41, 5.74) is 16.0. The highest BCUT2D eigenvalue weighted by molar-refractivity contribution is 6.67. The summed E-state index contributed by atoms with van der Waals surface area (Å²) >= 11 is 0. The van der Waals surface area contributed by atoms with E-state index in [2.05, 4.69) is 220 Å². The Hall–Kier alpha value is -6.45. The Morgan fingerprint density at radius 2 is 0.897 bits per heavy atom. The predicted octanol–water partition coefficient (Wildman–Crippen LogP) is 8.53. The fraction of sp³-hybridized carbons (Fsp3) is 0.0392. The van der Waals surface area contributed by atoms with Crippen molar-refractivity contribution >= 4 is 82.6 Å². The molecule has 11 rings (SSSR count). The maximum absolute atomic E-state index is 5.27. The summed E-state index contributed by atoms with van der Waals surface area (Å²) in [6.07, 6.45) is 0. The Labute approximate surface area is 344 Å². The van der Waals surface area contributed by atoms with Gasteiger partial charge in [0.25, 0.3) is 0 Å². The summed E-state index contributed by atoms with van der Waals surface area (Å²) in [4.78, 5) is 5.27. The molecule has 0 saturated heterocycles. The van der Waals surface area contributed by atoms with Gasteiger partial charge in [-0.3, -0.25) is 4.57 Å². The third-order valence-corrected chi connectivity index (χ3v) is 13.3. The smallest absolute Gasteiger partial charge is 0.106 e. The van der Waals surface area contributed by atoms with Crippen LogP contribution in [0, 0.1) is 0 Å². The molecule has 0 aliphatic heterocycles. The highest BCUT2D eigenvalue weighted by Crippen LogP contribution is 2.52. The molecule has 2 nitrogen and oxygen atoms in total. The molecule has 0 saturated carbocycles. The first-order valence-electron chi connectivity index (χ1n) is 20.5. The lowest BCUT2D eigenvalue weighted by Crippen LogP contribution is -2.45. The first-order chi connectivity index (χ1) is 28.2. The SMILES string of the molecule is BC(B)(B)C(B)(B)c1nc2ccccc2n1-c1cccc(-c2cccc(-c3c4ccccc4c(-c4ccc5c6c(cccc46)-c4ccccc4-5)c4ccccc34)c2)c1. The molecular weight excluding hydrogens is 695 g/mol. The molecule has 268 valence electrons. The molecule has 1 aliphatic rings. The van der Waals surface area contributed by atoms with Crippen LogP contribution in [0.5, 0.6) is 0 Å². The van der Waals surface area contributed by atoms with Crippen molar-refractivity contribution in [2.75, 3.05) is 0 Å². The summed E-state index contributed by atoms with van der Waals surface area (Å²) in [6.45, 7) is 0. The molecule has 0 bridgehead atoms. The minimum atomic E-state index is -0.186. The number of benzene rings is 9. The fourth-order valence-electron chi connectivity index (χ4n) is 9.48. The molecule has 0 atom stereocenters. The molecule has 0 amide bonds. The number of imidazole rings is 1. The van der Waals surface area contributed by atoms with Crippen LogP contribution in [0.2, 0.25) is 5.11 Å². The van der Waals surface area contributed by atoms with E-state index < -0.39 is 0 Å². The van der Waals surface area contributed by atoms with E-state index in [0.717, 1.165) is 22.5 Å². The first-order valence-corrected chi connectivity index (χ1v) is 20.5. The van der Waals surface area contributed by atoms with Gasteiger partial charge >= 0.3 is 0 Å². The Bertz CT molecular complexity index is 3230. The van der Waals surface area contributed by atoms with Crippen LogP contribution in [-0.2, 0) is 5.21 Å². The summed E-state index contributed by atoms with van der Waals surface area (Å²) in [5.74, 6) is 1.08. The van der Waals surface area contributed by atoms with Gasteiger partial charge in [0.1, 0.15) is 21.5 Å². The van der Waals surface area contributed by atoms with Crippen molar-refractivity contribution in [3.05, 3.63) is 182 Å². The summed E-state index contributed by atoms with van der Waals surface area (Å²) in [7, 11) is 11.6. The monoisotopic (exact) mass is 734 g/mol. The van der Waals surface area contributed by atoms with Crippen LogP contribution in [0.4, 0.5) is 0 Å². The number of aromatic nitrogens is 2. The highest BCUT2D eigenvalue weighted by atomic mass is 15.1. The van der Waals surface area contributed by atoms with Gasteiger partial charge in [-0.15, -0.1) is 5.11 Å². The van der Waals surface area contributed by atoms with Crippen LogP contribution in [0.1, 0.15) is 5.82 Å². The van der Waals surface area contributed by atoms with Crippen molar-refractivity contribution in [1.82, 2.24) is 9.55 Å². The predicted molar refractivity (Wildman–Crippen MR) is 261 cm³/mol. The standard InChI is InChI=1S/C51H39B5N2/c52-50(53,51(54,55)56)49-57-44-24-7-8-25-45(44)58(49)33-15-10-13-31(29-33)30-12-9-14-32(28-30)46-37-18-3-5-20-39(37)48(40-21-6-4-19-38(40)46)43-27-26-42-35-17-2-1-16-34(35)36-22-11-23-41(43)47(36)42/h1-29H,52-56H2. The van der Waals surface area contributed by atoms with E-state index in [-0.39, 0.29) is 10.3 Å². The Morgan fingerprint density at radius 1 is 0.397 bits per heavy atom. The van der Waals surface area contributed by atoms with E-state index in [1.54, 1.807) is 0 Å². The van der Waals surface area contributed by atoms with E-state index in [9.17, 15) is 0 Å². The second kappa shape index (κ2) is 12.8. The van der Waals surface area contributed by atoms with Crippen molar-refractivity contribution < 1.29 is 0 Å². The van der Waals surface area contributed by atoms with Crippen molar-refractivity contribution in [1.29, 1.82) is 0 Å². The lowest BCUT2D eigenvalue weighted by atomic mass is 9.23. The normalized spacial score (nSPS) is 12.5. The molecule has 9 aromatic carbocycles. The lowest BCUT2D eigenvalue weighted by molar-refractivity contribution is 0.757. The van der Waals surface area contributed by atoms with Crippen LogP contribution in [0.3, 0.4) is 0 Å². The zero-order valence-corrected chi connectivity index (χ0v) is 33.6. The Kier molecular flexibility index (Phi) is 7.66. The average molecular weight is 734 g/mol. The van der Waals surface area contributed by atoms with Crippen LogP contribution in [0.25, 0.3) is 105 Å². The minimum Gasteiger partial charge on any atom is -0.297 e. The van der Waals surface area contributed by atoms with Gasteiger partial charge in [-0.05, 0) is 123 Å². The summed E-state index contributed by atoms with van der Waals surface area (Å²) < 4.78 is 2.38. The van der Waals surface area contributed by atoms with Gasteiger partial charge in [0.2, 0.25) is 0 Å². The van der Waals surface area contributed by atoms with Crippen molar-refractivity contribution in [2.45, 2.75) is 10.3 Å². The maximum atomic E-state index is 5.27. The van der Waals surface area contributed by atoms with Crippen LogP contribution in [0.15, 0.2) is 176 Å². The topological polar surface area (TPSA) is 17.8 Å². The van der Waals surface area contributed by atoms with Crippen molar-refractivity contribution in [3.63, 3.8) is 0 Å². The van der Waals surface area contributed by atoms with Crippen LogP contribution >= 0.6 is 0 Å². The molecule has 7 heteroatoms. The number of fused-ring (bicyclic) bond motifs is 6. The van der Waals surface area contributed by atoms with E-state index in [4.69, 9.17) is 4.98 Å². The molecule has 1 heterocycles. The second-order valence-electron chi connectivity index (χ2n) is 17.5. The molecule has 0 unspecified atom stereocenters. The fourth-order valence-corrected chi connectivity index (χ4v) is 9.48. The second-order valence-corrected chi connectivity index (χ2v) is 17.5. The maximum Gasteiger partial charge on any atom is 0.106 e. The van der Waals surface area contributed by atoms with E-state index >= 15 is 0 Å². The van der Waals surface area contributed by atoms with Gasteiger partial charge in [0.05, 0.1) is 34.6 Å². The van der Waals surface area contributed by atoms with E-state index in [1.807, 2.05) is 0 Å². The van der Waals surface area contributed by atoms with E-state index in [0.29, 0.717) is 0 Å². The third kappa shape index (κ3) is 5.09. The first kappa shape index (κ1) is 34.8. The summed E-state index contributed by atoms with van der Waals surface area (Å²) in [6, 6.07) is 65.0. The number of hydrogen-bond acceptors (Lipinski definition) is 1. The molecule has 58 heavy (non-hydrogen) atoms. The molecular formula is C51H39B5N2. The van der Waals surface area contributed by atoms with Gasteiger partial charge in [-0.25, -0.2) is 4.98 Å². The average Bonchev–Trinajstić information content (AvgIpc) is 3.81. The largest absolute Gasteiger partial charge is 0.297 e. The minimum absolute atomic E-state index is 0.000682. The third-order valence-electron chi connectivity index (χ3n) is 13.3. The Balaban J connectivity index is 1.10. The van der Waals surface area contributed by atoms with Crippen molar-refractivity contribution in [2.24, 2.45) is 0 Å². The number of nitrogens with zero attached hydrogens (tertiary/aromatic N) is 2. The Morgan fingerprint density at radius 3 is 1.59 bits per heavy atom. The number of hydrogen-bond donors (Lipinski definition) is 0. The zero-order chi connectivity index (χ0) is 39.3. The van der Waals surface area contributed by atoms with Crippen LogP contribution < -0.4 is 0 Å². The van der Waals surface area contributed by atoms with Gasteiger partial charge < -0.3 is 0 Å². The highest BCUT2D eigenvalue weighted by Gasteiger charge is 2.38. The van der Waals surface area contributed by atoms with Gasteiger partial charge in [0, 0.05) is 5.69 Å². The molecule has 1 aromatic heterocycles.